The Balaban J connectivity index is 1.84. The Morgan fingerprint density at radius 2 is 1.83 bits per heavy atom. The molecule has 0 unspecified atom stereocenters. The molecule has 0 bridgehead atoms. The number of carbonyl (C=O) groups excluding carboxylic acids is 2. The Morgan fingerprint density at radius 3 is 2.30 bits per heavy atom. The van der Waals surface area contributed by atoms with E-state index in [1.54, 1.807) is 6.07 Å². The number of piperazine rings is 1. The highest BCUT2D eigenvalue weighted by Gasteiger charge is 2.26. The van der Waals surface area contributed by atoms with Crippen LogP contribution >= 0.6 is 11.3 Å². The van der Waals surface area contributed by atoms with Crippen molar-refractivity contribution in [3.05, 3.63) is 21.4 Å². The van der Waals surface area contributed by atoms with E-state index in [4.69, 9.17) is 4.74 Å². The van der Waals surface area contributed by atoms with Gasteiger partial charge in [-0.1, -0.05) is 0 Å². The maximum atomic E-state index is 12.1. The summed E-state index contributed by atoms with van der Waals surface area (Å²) in [5.74, 6) is -0.814. The molecule has 1 saturated heterocycles. The summed E-state index contributed by atoms with van der Waals surface area (Å²) in [5.41, 5.74) is 0.488. The molecule has 0 atom stereocenters. The predicted octanol–water partition coefficient (Wildman–Crippen LogP) is 0.626. The number of rotatable bonds is 4. The van der Waals surface area contributed by atoms with Crippen LogP contribution in [0.3, 0.4) is 0 Å². The quantitative estimate of drug-likeness (QED) is 0.735. The van der Waals surface area contributed by atoms with Crippen molar-refractivity contribution in [2.45, 2.75) is 13.8 Å². The second kappa shape index (κ2) is 6.98. The van der Waals surface area contributed by atoms with Crippen molar-refractivity contribution in [2.24, 2.45) is 0 Å². The van der Waals surface area contributed by atoms with Crippen LogP contribution in [0.5, 0.6) is 0 Å². The van der Waals surface area contributed by atoms with E-state index in [2.05, 4.69) is 0 Å². The van der Waals surface area contributed by atoms with Crippen LogP contribution in [0.15, 0.2) is 6.07 Å². The molecule has 1 aliphatic heterocycles. The Hall–Kier alpha value is -1.45. The minimum Gasteiger partial charge on any atom is -0.452 e. The van der Waals surface area contributed by atoms with Crippen molar-refractivity contribution in [3.8, 4) is 0 Å². The summed E-state index contributed by atoms with van der Waals surface area (Å²) in [6.45, 7) is 4.55. The maximum absolute atomic E-state index is 12.1. The molecule has 0 aromatic carbocycles. The first-order valence-electron chi connectivity index (χ1n) is 7.15. The van der Waals surface area contributed by atoms with Crippen molar-refractivity contribution in [1.29, 1.82) is 0 Å². The van der Waals surface area contributed by atoms with Gasteiger partial charge >= 0.3 is 5.97 Å². The van der Waals surface area contributed by atoms with Gasteiger partial charge in [-0.2, -0.15) is 4.31 Å². The summed E-state index contributed by atoms with van der Waals surface area (Å²) in [4.78, 5) is 27.4. The fraction of sp³-hybridized carbons (Fsp3) is 0.571. The number of aryl methyl sites for hydroxylation is 2. The number of esters is 1. The first-order valence-corrected chi connectivity index (χ1v) is 9.82. The summed E-state index contributed by atoms with van der Waals surface area (Å²) in [6.07, 6.45) is 1.15. The molecule has 1 aromatic heterocycles. The van der Waals surface area contributed by atoms with Crippen LogP contribution in [0.1, 0.15) is 20.1 Å². The van der Waals surface area contributed by atoms with Gasteiger partial charge in [0.25, 0.3) is 5.91 Å². The van der Waals surface area contributed by atoms with Gasteiger partial charge < -0.3 is 9.64 Å². The number of ether oxygens (including phenoxy) is 1. The molecule has 0 radical (unpaired) electrons. The Bertz CT molecular complexity index is 703. The van der Waals surface area contributed by atoms with Crippen molar-refractivity contribution in [2.75, 3.05) is 39.0 Å². The van der Waals surface area contributed by atoms with Crippen molar-refractivity contribution in [3.63, 3.8) is 0 Å². The van der Waals surface area contributed by atoms with Crippen molar-refractivity contribution >= 4 is 33.2 Å². The Labute approximate surface area is 139 Å². The number of hydrogen-bond acceptors (Lipinski definition) is 6. The van der Waals surface area contributed by atoms with Gasteiger partial charge in [0.2, 0.25) is 10.0 Å². The van der Waals surface area contributed by atoms with Gasteiger partial charge in [0, 0.05) is 35.9 Å². The van der Waals surface area contributed by atoms with Crippen LogP contribution in [0.2, 0.25) is 0 Å². The molecule has 0 aliphatic carbocycles. The molecule has 1 amide bonds. The maximum Gasteiger partial charge on any atom is 0.339 e. The molecular formula is C14H20N2O5S2. The molecule has 0 spiro atoms. The van der Waals surface area contributed by atoms with E-state index in [9.17, 15) is 18.0 Å². The Morgan fingerprint density at radius 1 is 1.22 bits per heavy atom. The normalized spacial score (nSPS) is 16.4. The summed E-state index contributed by atoms with van der Waals surface area (Å²) >= 11 is 1.50. The molecule has 2 rings (SSSR count). The zero-order chi connectivity index (χ0) is 17.2. The number of thiophene rings is 1. The van der Waals surface area contributed by atoms with Gasteiger partial charge in [0.1, 0.15) is 0 Å². The lowest BCUT2D eigenvalue weighted by Crippen LogP contribution is -2.51. The van der Waals surface area contributed by atoms with Crippen LogP contribution < -0.4 is 0 Å². The summed E-state index contributed by atoms with van der Waals surface area (Å²) < 4.78 is 29.3. The summed E-state index contributed by atoms with van der Waals surface area (Å²) in [6, 6.07) is 1.75. The molecule has 1 aliphatic rings. The van der Waals surface area contributed by atoms with Crippen molar-refractivity contribution < 1.29 is 22.7 Å². The van der Waals surface area contributed by atoms with Crippen LogP contribution in [0.4, 0.5) is 0 Å². The van der Waals surface area contributed by atoms with E-state index in [0.29, 0.717) is 18.7 Å². The molecular weight excluding hydrogens is 340 g/mol. The highest BCUT2D eigenvalue weighted by atomic mass is 32.2. The molecule has 0 N–H and O–H groups in total. The molecule has 128 valence electrons. The van der Waals surface area contributed by atoms with E-state index in [0.717, 1.165) is 16.0 Å². The predicted molar refractivity (Wildman–Crippen MR) is 87.1 cm³/mol. The van der Waals surface area contributed by atoms with Crippen LogP contribution in [0.25, 0.3) is 0 Å². The zero-order valence-electron chi connectivity index (χ0n) is 13.4. The first kappa shape index (κ1) is 17.9. The van der Waals surface area contributed by atoms with Crippen molar-refractivity contribution in [1.82, 2.24) is 9.21 Å². The molecule has 9 heteroatoms. The Kier molecular flexibility index (Phi) is 5.43. The lowest BCUT2D eigenvalue weighted by atomic mass is 10.2. The van der Waals surface area contributed by atoms with E-state index in [1.165, 1.54) is 20.5 Å². The molecule has 2 heterocycles. The number of sulfonamides is 1. The van der Waals surface area contributed by atoms with Gasteiger partial charge in [-0.05, 0) is 19.9 Å². The minimum absolute atomic E-state index is 0.265. The third-order valence-corrected chi connectivity index (χ3v) is 5.92. The van der Waals surface area contributed by atoms with Gasteiger partial charge in [-0.3, -0.25) is 4.79 Å². The highest BCUT2D eigenvalue weighted by molar-refractivity contribution is 7.88. The number of nitrogens with zero attached hydrogens (tertiary/aromatic N) is 2. The fourth-order valence-electron chi connectivity index (χ4n) is 2.40. The van der Waals surface area contributed by atoms with Gasteiger partial charge in [-0.15, -0.1) is 11.3 Å². The van der Waals surface area contributed by atoms with Crippen LogP contribution in [-0.4, -0.2) is 68.5 Å². The monoisotopic (exact) mass is 360 g/mol. The van der Waals surface area contributed by atoms with Gasteiger partial charge in [0.05, 0.1) is 11.8 Å². The number of hydrogen-bond donors (Lipinski definition) is 0. The second-order valence-electron chi connectivity index (χ2n) is 5.45. The topological polar surface area (TPSA) is 84.0 Å². The molecule has 1 fully saturated rings. The lowest BCUT2D eigenvalue weighted by Gasteiger charge is -2.33. The average molecular weight is 360 g/mol. The third-order valence-electron chi connectivity index (χ3n) is 3.65. The largest absolute Gasteiger partial charge is 0.452 e. The van der Waals surface area contributed by atoms with E-state index >= 15 is 0 Å². The number of carbonyl (C=O) groups is 2. The minimum atomic E-state index is -3.23. The molecule has 7 nitrogen and oxygen atoms in total. The molecule has 0 saturated carbocycles. The summed E-state index contributed by atoms with van der Waals surface area (Å²) in [5, 5.41) is 0. The fourth-order valence-corrected chi connectivity index (χ4v) is 4.14. The summed E-state index contributed by atoms with van der Waals surface area (Å²) in [7, 11) is -3.23. The smallest absolute Gasteiger partial charge is 0.339 e. The first-order chi connectivity index (χ1) is 10.7. The van der Waals surface area contributed by atoms with Gasteiger partial charge in [-0.25, -0.2) is 13.2 Å². The zero-order valence-corrected chi connectivity index (χ0v) is 15.0. The highest BCUT2D eigenvalue weighted by Crippen LogP contribution is 2.21. The standard InChI is InChI=1S/C14H20N2O5S2/c1-10-8-12(11(2)22-10)14(18)21-9-13(17)15-4-6-16(7-5-15)23(3,19)20/h8H,4-7,9H2,1-3H3. The van der Waals surface area contributed by atoms with E-state index in [-0.39, 0.29) is 25.6 Å². The van der Waals surface area contributed by atoms with Crippen LogP contribution in [-0.2, 0) is 19.6 Å². The lowest BCUT2D eigenvalue weighted by molar-refractivity contribution is -0.135. The molecule has 23 heavy (non-hydrogen) atoms. The van der Waals surface area contributed by atoms with E-state index < -0.39 is 16.0 Å². The van der Waals surface area contributed by atoms with Gasteiger partial charge in [0.15, 0.2) is 6.61 Å². The van der Waals surface area contributed by atoms with E-state index in [1.807, 2.05) is 13.8 Å². The average Bonchev–Trinajstić information content (AvgIpc) is 2.82. The SMILES string of the molecule is Cc1cc(C(=O)OCC(=O)N2CCN(S(C)(=O)=O)CC2)c(C)s1. The molecule has 1 aromatic rings. The third kappa shape index (κ3) is 4.52. The number of amides is 1. The van der Waals surface area contributed by atoms with Crippen LogP contribution in [0, 0.1) is 13.8 Å². The second-order valence-corrected chi connectivity index (χ2v) is 8.89.